The highest BCUT2D eigenvalue weighted by Crippen LogP contribution is 2.31. The number of carbonyl (C=O) groups excluding carboxylic acids is 1. The molecule has 0 unspecified atom stereocenters. The van der Waals surface area contributed by atoms with E-state index in [1.807, 2.05) is 0 Å². The largest absolute Gasteiger partial charge is 0.496 e. The average Bonchev–Trinajstić information content (AvgIpc) is 3.13. The van der Waals surface area contributed by atoms with Crippen molar-refractivity contribution < 1.29 is 13.9 Å². The predicted octanol–water partition coefficient (Wildman–Crippen LogP) is 4.80. The molecule has 0 saturated carbocycles. The van der Waals surface area contributed by atoms with E-state index in [0.717, 1.165) is 0 Å². The Morgan fingerprint density at radius 1 is 1.15 bits per heavy atom. The van der Waals surface area contributed by atoms with Gasteiger partial charge in [0, 0.05) is 11.8 Å². The Kier molecular flexibility index (Phi) is 4.48. The van der Waals surface area contributed by atoms with Gasteiger partial charge in [-0.15, -0.1) is 0 Å². The highest BCUT2D eigenvalue weighted by molar-refractivity contribution is 6.34. The second kappa shape index (κ2) is 7.09. The standard InChI is InChI=1S/C20H14ClN3O3/c1-26-16-6-3-2-5-13(16)19(25)23-15-11-12(8-9-14(15)21)20-24-18-17(27-20)7-4-10-22-18/h2-11H,1H3,(H,23,25). The number of pyridine rings is 1. The highest BCUT2D eigenvalue weighted by Gasteiger charge is 2.15. The quantitative estimate of drug-likeness (QED) is 0.551. The van der Waals surface area contributed by atoms with Crippen molar-refractivity contribution in [1.29, 1.82) is 0 Å². The molecule has 0 saturated heterocycles. The van der Waals surface area contributed by atoms with Gasteiger partial charge < -0.3 is 14.5 Å². The van der Waals surface area contributed by atoms with Gasteiger partial charge >= 0.3 is 0 Å². The molecule has 2 aromatic heterocycles. The molecule has 0 spiro atoms. The van der Waals surface area contributed by atoms with Crippen LogP contribution in [-0.4, -0.2) is 23.0 Å². The lowest BCUT2D eigenvalue weighted by Gasteiger charge is -2.11. The fourth-order valence-corrected chi connectivity index (χ4v) is 2.83. The van der Waals surface area contributed by atoms with Crippen molar-refractivity contribution in [3.05, 3.63) is 71.4 Å². The topological polar surface area (TPSA) is 77.2 Å². The molecule has 1 N–H and O–H groups in total. The Labute approximate surface area is 159 Å². The lowest BCUT2D eigenvalue weighted by atomic mass is 10.1. The van der Waals surface area contributed by atoms with Crippen LogP contribution in [0, 0.1) is 0 Å². The van der Waals surface area contributed by atoms with Crippen LogP contribution in [0.1, 0.15) is 10.4 Å². The van der Waals surface area contributed by atoms with E-state index in [2.05, 4.69) is 15.3 Å². The zero-order chi connectivity index (χ0) is 18.8. The van der Waals surface area contributed by atoms with Crippen LogP contribution in [0.5, 0.6) is 5.75 Å². The molecule has 1 amide bonds. The second-order valence-electron chi connectivity index (χ2n) is 5.69. The van der Waals surface area contributed by atoms with Crippen molar-refractivity contribution in [1.82, 2.24) is 9.97 Å². The van der Waals surface area contributed by atoms with Crippen LogP contribution in [0.3, 0.4) is 0 Å². The molecule has 4 aromatic rings. The number of halogens is 1. The molecule has 0 aliphatic heterocycles. The van der Waals surface area contributed by atoms with Gasteiger partial charge in [-0.3, -0.25) is 4.79 Å². The van der Waals surface area contributed by atoms with E-state index in [9.17, 15) is 4.79 Å². The van der Waals surface area contributed by atoms with E-state index in [4.69, 9.17) is 20.8 Å². The van der Waals surface area contributed by atoms with Crippen molar-refractivity contribution >= 4 is 34.4 Å². The fourth-order valence-electron chi connectivity index (χ4n) is 2.67. The van der Waals surface area contributed by atoms with E-state index in [0.29, 0.717) is 44.7 Å². The highest BCUT2D eigenvalue weighted by atomic mass is 35.5. The number of carbonyl (C=O) groups is 1. The third-order valence-electron chi connectivity index (χ3n) is 3.98. The number of rotatable bonds is 4. The van der Waals surface area contributed by atoms with E-state index >= 15 is 0 Å². The number of ether oxygens (including phenoxy) is 1. The van der Waals surface area contributed by atoms with Gasteiger partial charge in [0.15, 0.2) is 11.2 Å². The van der Waals surface area contributed by atoms with Crippen LogP contribution in [0.4, 0.5) is 5.69 Å². The molecule has 0 atom stereocenters. The minimum Gasteiger partial charge on any atom is -0.496 e. The van der Waals surface area contributed by atoms with Gasteiger partial charge in [-0.25, -0.2) is 4.98 Å². The summed E-state index contributed by atoms with van der Waals surface area (Å²) < 4.78 is 11.0. The molecule has 7 heteroatoms. The zero-order valence-electron chi connectivity index (χ0n) is 14.3. The lowest BCUT2D eigenvalue weighted by Crippen LogP contribution is -2.13. The van der Waals surface area contributed by atoms with E-state index in [1.165, 1.54) is 7.11 Å². The van der Waals surface area contributed by atoms with E-state index in [1.54, 1.807) is 60.8 Å². The summed E-state index contributed by atoms with van der Waals surface area (Å²) in [7, 11) is 1.51. The number of nitrogens with zero attached hydrogens (tertiary/aromatic N) is 2. The summed E-state index contributed by atoms with van der Waals surface area (Å²) >= 11 is 6.26. The fraction of sp³-hybridized carbons (Fsp3) is 0.0500. The summed E-state index contributed by atoms with van der Waals surface area (Å²) in [6.45, 7) is 0. The number of aromatic nitrogens is 2. The Morgan fingerprint density at radius 2 is 2.00 bits per heavy atom. The lowest BCUT2D eigenvalue weighted by molar-refractivity contribution is 0.102. The Morgan fingerprint density at radius 3 is 2.81 bits per heavy atom. The molecule has 0 aliphatic rings. The molecule has 6 nitrogen and oxygen atoms in total. The van der Waals surface area contributed by atoms with Crippen molar-refractivity contribution in [3.8, 4) is 17.2 Å². The van der Waals surface area contributed by atoms with E-state index in [-0.39, 0.29) is 5.91 Å². The maximum Gasteiger partial charge on any atom is 0.259 e. The minimum atomic E-state index is -0.328. The third kappa shape index (κ3) is 3.35. The summed E-state index contributed by atoms with van der Waals surface area (Å²) in [5.74, 6) is 0.547. The monoisotopic (exact) mass is 379 g/mol. The number of hydrogen-bond donors (Lipinski definition) is 1. The van der Waals surface area contributed by atoms with Gasteiger partial charge in [0.05, 0.1) is 23.4 Å². The van der Waals surface area contributed by atoms with Gasteiger partial charge in [0.1, 0.15) is 5.75 Å². The van der Waals surface area contributed by atoms with Crippen LogP contribution in [0.15, 0.2) is 65.2 Å². The summed E-state index contributed by atoms with van der Waals surface area (Å²) in [5, 5.41) is 3.21. The molecule has 4 rings (SSSR count). The normalized spacial score (nSPS) is 10.7. The van der Waals surface area contributed by atoms with Gasteiger partial charge in [0.25, 0.3) is 5.91 Å². The second-order valence-corrected chi connectivity index (χ2v) is 6.10. The number of oxazole rings is 1. The first-order valence-corrected chi connectivity index (χ1v) is 8.49. The molecule has 27 heavy (non-hydrogen) atoms. The zero-order valence-corrected chi connectivity index (χ0v) is 15.0. The number of nitrogens with one attached hydrogen (secondary N) is 1. The number of amides is 1. The Hall–Kier alpha value is -3.38. The van der Waals surface area contributed by atoms with Crippen LogP contribution < -0.4 is 10.1 Å². The Balaban J connectivity index is 1.67. The number of para-hydroxylation sites is 1. The predicted molar refractivity (Wildman–Crippen MR) is 103 cm³/mol. The van der Waals surface area contributed by atoms with Crippen molar-refractivity contribution in [2.75, 3.05) is 12.4 Å². The molecular formula is C20H14ClN3O3. The molecule has 0 aliphatic carbocycles. The summed E-state index contributed by atoms with van der Waals surface area (Å²) in [6.07, 6.45) is 1.65. The molecule has 134 valence electrons. The number of benzene rings is 2. The number of methoxy groups -OCH3 is 1. The van der Waals surface area contributed by atoms with Gasteiger partial charge in [-0.2, -0.15) is 4.98 Å². The Bertz CT molecular complexity index is 1110. The van der Waals surface area contributed by atoms with Crippen molar-refractivity contribution in [2.24, 2.45) is 0 Å². The van der Waals surface area contributed by atoms with Crippen LogP contribution in [0.25, 0.3) is 22.7 Å². The first-order valence-electron chi connectivity index (χ1n) is 8.11. The average molecular weight is 380 g/mol. The summed E-state index contributed by atoms with van der Waals surface area (Å²) in [5.41, 5.74) is 2.63. The summed E-state index contributed by atoms with van der Waals surface area (Å²) in [6, 6.07) is 15.7. The van der Waals surface area contributed by atoms with E-state index < -0.39 is 0 Å². The van der Waals surface area contributed by atoms with Crippen LogP contribution in [-0.2, 0) is 0 Å². The smallest absolute Gasteiger partial charge is 0.259 e. The van der Waals surface area contributed by atoms with Crippen LogP contribution in [0.2, 0.25) is 5.02 Å². The minimum absolute atomic E-state index is 0.328. The maximum absolute atomic E-state index is 12.6. The number of hydrogen-bond acceptors (Lipinski definition) is 5. The molecule has 0 radical (unpaired) electrons. The third-order valence-corrected chi connectivity index (χ3v) is 4.31. The molecule has 2 heterocycles. The number of fused-ring (bicyclic) bond motifs is 1. The molecule has 0 bridgehead atoms. The molecule has 2 aromatic carbocycles. The SMILES string of the molecule is COc1ccccc1C(=O)Nc1cc(-c2nc3ncccc3o2)ccc1Cl. The van der Waals surface area contributed by atoms with Crippen LogP contribution >= 0.6 is 11.6 Å². The molecule has 0 fully saturated rings. The first kappa shape index (κ1) is 17.1. The van der Waals surface area contributed by atoms with Gasteiger partial charge in [-0.1, -0.05) is 23.7 Å². The molecular weight excluding hydrogens is 366 g/mol. The van der Waals surface area contributed by atoms with Gasteiger partial charge in [-0.05, 0) is 42.5 Å². The van der Waals surface area contributed by atoms with Crippen molar-refractivity contribution in [2.45, 2.75) is 0 Å². The maximum atomic E-state index is 12.6. The van der Waals surface area contributed by atoms with Crippen molar-refractivity contribution in [3.63, 3.8) is 0 Å². The van der Waals surface area contributed by atoms with Gasteiger partial charge in [0.2, 0.25) is 5.89 Å². The summed E-state index contributed by atoms with van der Waals surface area (Å²) in [4.78, 5) is 21.2. The number of anilines is 1. The first-order chi connectivity index (χ1) is 13.2.